The molecule has 80 valence electrons. The maximum Gasteiger partial charge on any atom is 0.141 e. The number of aliphatic hydroxyl groups is 1. The van der Waals surface area contributed by atoms with E-state index in [2.05, 4.69) is 4.98 Å². The van der Waals surface area contributed by atoms with Crippen LogP contribution < -0.4 is 5.73 Å². The Balaban J connectivity index is 2.69. The molecule has 0 fully saturated rings. The van der Waals surface area contributed by atoms with Crippen molar-refractivity contribution < 1.29 is 5.11 Å². The van der Waals surface area contributed by atoms with E-state index in [9.17, 15) is 0 Å². The summed E-state index contributed by atoms with van der Waals surface area (Å²) in [5.41, 5.74) is 8.04. The second-order valence-electron chi connectivity index (χ2n) is 3.46. The van der Waals surface area contributed by atoms with Crippen molar-refractivity contribution in [3.8, 4) is 0 Å². The second-order valence-corrected chi connectivity index (χ2v) is 3.82. The van der Waals surface area contributed by atoms with Crippen LogP contribution in [0.4, 0.5) is 0 Å². The Kier molecular flexibility index (Phi) is 2.65. The Bertz CT molecular complexity index is 495. The lowest BCUT2D eigenvalue weighted by Gasteiger charge is -2.03. The molecule has 2 aromatic rings. The van der Waals surface area contributed by atoms with Crippen molar-refractivity contribution >= 4 is 17.2 Å². The lowest BCUT2D eigenvalue weighted by molar-refractivity contribution is 0.266. The molecule has 0 aliphatic carbocycles. The quantitative estimate of drug-likeness (QED) is 0.810. The van der Waals surface area contributed by atoms with Gasteiger partial charge in [-0.3, -0.25) is 4.40 Å². The van der Waals surface area contributed by atoms with Crippen molar-refractivity contribution in [1.29, 1.82) is 0 Å². The van der Waals surface area contributed by atoms with Crippen molar-refractivity contribution in [1.82, 2.24) is 9.38 Å². The van der Waals surface area contributed by atoms with Crippen LogP contribution in [0.15, 0.2) is 18.3 Å². The van der Waals surface area contributed by atoms with E-state index in [-0.39, 0.29) is 6.61 Å². The van der Waals surface area contributed by atoms with Crippen molar-refractivity contribution in [2.75, 3.05) is 6.61 Å². The first-order valence-electron chi connectivity index (χ1n) is 4.64. The standard InChI is InChI=1S/C10H12ClN3O/c1-6-3-2-4-14-9(11)8(7(12)5-15)13-10(6)14/h2-4,7,15H,5,12H2,1H3. The van der Waals surface area contributed by atoms with Crippen LogP contribution in [0.1, 0.15) is 17.3 Å². The third-order valence-electron chi connectivity index (χ3n) is 2.36. The van der Waals surface area contributed by atoms with Gasteiger partial charge in [0, 0.05) is 6.20 Å². The third-order valence-corrected chi connectivity index (χ3v) is 2.74. The molecule has 5 heteroatoms. The summed E-state index contributed by atoms with van der Waals surface area (Å²) in [6, 6.07) is 3.31. The van der Waals surface area contributed by atoms with E-state index in [4.69, 9.17) is 22.4 Å². The first kappa shape index (κ1) is 10.4. The van der Waals surface area contributed by atoms with Crippen LogP contribution in [0.5, 0.6) is 0 Å². The number of hydrogen-bond donors (Lipinski definition) is 2. The monoisotopic (exact) mass is 225 g/mol. The summed E-state index contributed by atoms with van der Waals surface area (Å²) in [6.07, 6.45) is 1.82. The zero-order valence-electron chi connectivity index (χ0n) is 8.31. The van der Waals surface area contributed by atoms with E-state index in [0.717, 1.165) is 11.2 Å². The Morgan fingerprint density at radius 3 is 3.00 bits per heavy atom. The van der Waals surface area contributed by atoms with Gasteiger partial charge < -0.3 is 10.8 Å². The fourth-order valence-corrected chi connectivity index (χ4v) is 1.83. The molecule has 0 aliphatic heterocycles. The Morgan fingerprint density at radius 2 is 2.40 bits per heavy atom. The minimum absolute atomic E-state index is 0.164. The van der Waals surface area contributed by atoms with Crippen LogP contribution in [0, 0.1) is 6.92 Å². The van der Waals surface area contributed by atoms with Crippen molar-refractivity contribution in [3.63, 3.8) is 0 Å². The highest BCUT2D eigenvalue weighted by Gasteiger charge is 2.16. The Labute approximate surface area is 92.3 Å². The van der Waals surface area contributed by atoms with Crippen LogP contribution in [0.2, 0.25) is 5.15 Å². The molecule has 2 aromatic heterocycles. The number of nitrogens with zero attached hydrogens (tertiary/aromatic N) is 2. The zero-order valence-corrected chi connectivity index (χ0v) is 9.07. The maximum atomic E-state index is 8.97. The topological polar surface area (TPSA) is 63.5 Å². The average molecular weight is 226 g/mol. The van der Waals surface area contributed by atoms with E-state index in [0.29, 0.717) is 10.8 Å². The molecule has 4 nitrogen and oxygen atoms in total. The highest BCUT2D eigenvalue weighted by atomic mass is 35.5. The zero-order chi connectivity index (χ0) is 11.0. The van der Waals surface area contributed by atoms with Gasteiger partial charge in [-0.1, -0.05) is 17.7 Å². The van der Waals surface area contributed by atoms with Crippen LogP contribution >= 0.6 is 11.6 Å². The first-order valence-corrected chi connectivity index (χ1v) is 5.02. The molecule has 0 bridgehead atoms. The lowest BCUT2D eigenvalue weighted by atomic mass is 10.2. The Morgan fingerprint density at radius 1 is 1.67 bits per heavy atom. The highest BCUT2D eigenvalue weighted by Crippen LogP contribution is 2.23. The Hall–Kier alpha value is -1.10. The normalized spacial score (nSPS) is 13.3. The van der Waals surface area contributed by atoms with Gasteiger partial charge in [-0.15, -0.1) is 0 Å². The number of imidazole rings is 1. The van der Waals surface area contributed by atoms with Gasteiger partial charge in [0.05, 0.1) is 18.3 Å². The SMILES string of the molecule is Cc1cccn2c(Cl)c(C(N)CO)nc12. The van der Waals surface area contributed by atoms with E-state index in [1.54, 1.807) is 4.40 Å². The molecule has 1 atom stereocenters. The van der Waals surface area contributed by atoms with Crippen molar-refractivity contribution in [2.24, 2.45) is 5.73 Å². The number of rotatable bonds is 2. The predicted molar refractivity (Wildman–Crippen MR) is 59.0 cm³/mol. The molecule has 15 heavy (non-hydrogen) atoms. The maximum absolute atomic E-state index is 8.97. The van der Waals surface area contributed by atoms with Gasteiger partial charge in [0.15, 0.2) is 0 Å². The summed E-state index contributed by atoms with van der Waals surface area (Å²) in [5, 5.41) is 9.44. The van der Waals surface area contributed by atoms with Gasteiger partial charge in [-0.05, 0) is 18.6 Å². The van der Waals surface area contributed by atoms with Crippen molar-refractivity contribution in [2.45, 2.75) is 13.0 Å². The van der Waals surface area contributed by atoms with Gasteiger partial charge >= 0.3 is 0 Å². The molecule has 3 N–H and O–H groups in total. The van der Waals surface area contributed by atoms with Gasteiger partial charge in [-0.2, -0.15) is 0 Å². The van der Waals surface area contributed by atoms with E-state index in [1.165, 1.54) is 0 Å². The largest absolute Gasteiger partial charge is 0.394 e. The molecule has 2 rings (SSSR count). The van der Waals surface area contributed by atoms with E-state index in [1.807, 2.05) is 25.3 Å². The molecule has 0 spiro atoms. The molecule has 0 aliphatic rings. The smallest absolute Gasteiger partial charge is 0.141 e. The van der Waals surface area contributed by atoms with Gasteiger partial charge in [0.25, 0.3) is 0 Å². The van der Waals surface area contributed by atoms with Crippen LogP contribution in [-0.4, -0.2) is 21.1 Å². The minimum atomic E-state index is -0.531. The van der Waals surface area contributed by atoms with Crippen molar-refractivity contribution in [3.05, 3.63) is 34.7 Å². The molecule has 2 heterocycles. The van der Waals surface area contributed by atoms with Crippen LogP contribution in [0.3, 0.4) is 0 Å². The number of hydrogen-bond acceptors (Lipinski definition) is 3. The minimum Gasteiger partial charge on any atom is -0.394 e. The third kappa shape index (κ3) is 1.61. The molecule has 0 amide bonds. The number of aromatic nitrogens is 2. The number of nitrogens with two attached hydrogens (primary N) is 1. The number of aliphatic hydroxyl groups excluding tert-OH is 1. The summed E-state index contributed by atoms with van der Waals surface area (Å²) >= 11 is 6.11. The molecule has 0 aromatic carbocycles. The van der Waals surface area contributed by atoms with Gasteiger partial charge in [-0.25, -0.2) is 4.98 Å². The molecular formula is C10H12ClN3O. The molecule has 0 radical (unpaired) electrons. The predicted octanol–water partition coefficient (Wildman–Crippen LogP) is 1.29. The first-order chi connectivity index (χ1) is 7.15. The highest BCUT2D eigenvalue weighted by molar-refractivity contribution is 6.30. The summed E-state index contributed by atoms with van der Waals surface area (Å²) < 4.78 is 1.77. The summed E-state index contributed by atoms with van der Waals surface area (Å²) in [4.78, 5) is 4.33. The molecule has 0 saturated heterocycles. The van der Waals surface area contributed by atoms with Crippen LogP contribution in [-0.2, 0) is 0 Å². The van der Waals surface area contributed by atoms with E-state index >= 15 is 0 Å². The van der Waals surface area contributed by atoms with Gasteiger partial charge in [0.2, 0.25) is 0 Å². The number of aryl methyl sites for hydroxylation is 1. The second kappa shape index (κ2) is 3.81. The number of pyridine rings is 1. The fourth-order valence-electron chi connectivity index (χ4n) is 1.52. The number of fused-ring (bicyclic) bond motifs is 1. The number of halogens is 1. The summed E-state index contributed by atoms with van der Waals surface area (Å²) in [6.45, 7) is 1.79. The summed E-state index contributed by atoms with van der Waals surface area (Å²) in [5.74, 6) is 0. The molecular weight excluding hydrogens is 214 g/mol. The molecule has 0 saturated carbocycles. The fraction of sp³-hybridized carbons (Fsp3) is 0.300. The average Bonchev–Trinajstić information content (AvgIpc) is 2.57. The molecule has 1 unspecified atom stereocenters. The van der Waals surface area contributed by atoms with E-state index < -0.39 is 6.04 Å². The van der Waals surface area contributed by atoms with Gasteiger partial charge in [0.1, 0.15) is 10.8 Å². The van der Waals surface area contributed by atoms with Crippen LogP contribution in [0.25, 0.3) is 5.65 Å². The summed E-state index contributed by atoms with van der Waals surface area (Å²) in [7, 11) is 0. The lowest BCUT2D eigenvalue weighted by Crippen LogP contribution is -2.15.